The van der Waals surface area contributed by atoms with E-state index >= 15 is 0 Å². The summed E-state index contributed by atoms with van der Waals surface area (Å²) in [6.45, 7) is 0.489. The Balaban J connectivity index is 1.28. The van der Waals surface area contributed by atoms with E-state index in [0.717, 1.165) is 44.2 Å². The third-order valence-electron chi connectivity index (χ3n) is 11.1. The fraction of sp³-hybridized carbons (Fsp3) is 0.255. The van der Waals surface area contributed by atoms with Crippen LogP contribution in [0.25, 0.3) is 10.8 Å². The van der Waals surface area contributed by atoms with Gasteiger partial charge in [-0.2, -0.15) is 0 Å². The first-order valence-electron chi connectivity index (χ1n) is 18.9. The van der Waals surface area contributed by atoms with Gasteiger partial charge in [-0.15, -0.1) is 0 Å². The largest absolute Gasteiger partial charge is 0.508 e. The highest BCUT2D eigenvalue weighted by Gasteiger charge is 2.38. The van der Waals surface area contributed by atoms with E-state index in [0.29, 0.717) is 24.3 Å². The Bertz CT molecular complexity index is 2350. The summed E-state index contributed by atoms with van der Waals surface area (Å²) in [6, 6.07) is 30.1. The van der Waals surface area contributed by atoms with Crippen LogP contribution in [-0.2, 0) is 24.2 Å². The van der Waals surface area contributed by atoms with Gasteiger partial charge in [0.25, 0.3) is 0 Å². The number of hydrogen-bond acceptors (Lipinski definition) is 8. The Hall–Kier alpha value is -6.03. The van der Waals surface area contributed by atoms with Crippen molar-refractivity contribution in [2.75, 3.05) is 21.3 Å². The highest BCUT2D eigenvalue weighted by molar-refractivity contribution is 5.88. The Kier molecular flexibility index (Phi) is 11.5. The molecule has 1 aliphatic carbocycles. The summed E-state index contributed by atoms with van der Waals surface area (Å²) in [5, 5.41) is 49.9. The van der Waals surface area contributed by atoms with Gasteiger partial charge in [0.05, 0.1) is 20.3 Å². The number of carbonyl (C=O) groups is 1. The summed E-state index contributed by atoms with van der Waals surface area (Å²) in [4.78, 5) is 17.8. The Morgan fingerprint density at radius 1 is 0.804 bits per heavy atom. The van der Waals surface area contributed by atoms with E-state index in [2.05, 4.69) is 46.7 Å². The molecule has 0 unspecified atom stereocenters. The molecule has 0 aliphatic heterocycles. The molecule has 9 nitrogen and oxygen atoms in total. The summed E-state index contributed by atoms with van der Waals surface area (Å²) < 4.78 is 11.3. The normalized spacial score (nSPS) is 16.6. The maximum absolute atomic E-state index is 14.7. The number of phenols is 3. The van der Waals surface area contributed by atoms with Crippen molar-refractivity contribution in [1.82, 2.24) is 10.3 Å². The van der Waals surface area contributed by atoms with Gasteiger partial charge in [-0.05, 0) is 106 Å². The van der Waals surface area contributed by atoms with E-state index in [4.69, 9.17) is 9.47 Å². The minimum atomic E-state index is -1.08. The van der Waals surface area contributed by atoms with E-state index < -0.39 is 17.9 Å². The van der Waals surface area contributed by atoms with Crippen molar-refractivity contribution in [3.8, 4) is 28.7 Å². The van der Waals surface area contributed by atoms with E-state index in [9.17, 15) is 25.2 Å². The smallest absolute Gasteiger partial charge is 0.164 e. The minimum absolute atomic E-state index is 0.00994. The van der Waals surface area contributed by atoms with Gasteiger partial charge in [0.1, 0.15) is 11.5 Å². The number of aliphatic hydroxyl groups excluding tert-OH is 1. The lowest BCUT2D eigenvalue weighted by molar-refractivity contribution is -0.123. The number of hydrogen-bond donors (Lipinski definition) is 6. The summed E-state index contributed by atoms with van der Waals surface area (Å²) in [7, 11) is 4.84. The molecule has 0 fully saturated rings. The summed E-state index contributed by atoms with van der Waals surface area (Å²) in [6.07, 6.45) is 7.49. The monoisotopic (exact) mass is 752 g/mol. The Morgan fingerprint density at radius 3 is 2.38 bits per heavy atom. The van der Waals surface area contributed by atoms with Crippen LogP contribution in [0.4, 0.5) is 0 Å². The maximum Gasteiger partial charge on any atom is 0.164 e. The number of carbonyl (C=O) groups excluding carboxylic acids is 1. The molecule has 0 radical (unpaired) electrons. The number of methoxy groups -OCH3 is 2. The zero-order valence-electron chi connectivity index (χ0n) is 31.8. The molecule has 0 bridgehead atoms. The van der Waals surface area contributed by atoms with Crippen LogP contribution in [-0.4, -0.2) is 58.6 Å². The van der Waals surface area contributed by atoms with Gasteiger partial charge in [-0.25, -0.2) is 0 Å². The third kappa shape index (κ3) is 7.87. The molecule has 7 rings (SSSR count). The molecule has 1 aliphatic rings. The number of allylic oxidation sites excluding steroid dienone is 2. The molecule has 1 heterocycles. The lowest BCUT2D eigenvalue weighted by Crippen LogP contribution is -2.33. The van der Waals surface area contributed by atoms with Gasteiger partial charge in [-0.3, -0.25) is 4.79 Å². The van der Waals surface area contributed by atoms with Crippen LogP contribution in [0.5, 0.6) is 28.7 Å². The summed E-state index contributed by atoms with van der Waals surface area (Å²) in [5.41, 5.74) is 5.98. The molecular formula is C47H48N2O7. The number of benzene rings is 5. The SMILES string of the molecule is CNCc1cc(O)cc([C@@H](Cc2ccc(O)c(OC)c2)C(=O)C[C@@H](O)[C@H](Cc2cc[nH]c2)[C@H]2C=C[C@@H](c3cccc4ccccc34)c3c2ccc(O)c3OC)c1. The van der Waals surface area contributed by atoms with Gasteiger partial charge >= 0.3 is 0 Å². The number of H-pyrrole nitrogens is 1. The average molecular weight is 753 g/mol. The number of aromatic hydroxyl groups is 3. The molecule has 9 heteroatoms. The second kappa shape index (κ2) is 16.8. The number of aromatic nitrogens is 1. The van der Waals surface area contributed by atoms with Crippen LogP contribution in [0.3, 0.4) is 0 Å². The van der Waals surface area contributed by atoms with Gasteiger partial charge < -0.3 is 40.2 Å². The molecule has 5 aromatic carbocycles. The van der Waals surface area contributed by atoms with Crippen molar-refractivity contribution >= 4 is 16.6 Å². The first-order valence-corrected chi connectivity index (χ1v) is 18.9. The zero-order valence-corrected chi connectivity index (χ0v) is 31.8. The molecule has 6 aromatic rings. The molecule has 6 N–H and O–H groups in total. The van der Waals surface area contributed by atoms with E-state index in [1.165, 1.54) is 13.2 Å². The van der Waals surface area contributed by atoms with Crippen LogP contribution in [0.15, 0.2) is 122 Å². The van der Waals surface area contributed by atoms with E-state index in [1.807, 2.05) is 55.8 Å². The van der Waals surface area contributed by atoms with Gasteiger partial charge in [0.15, 0.2) is 23.0 Å². The van der Waals surface area contributed by atoms with Crippen molar-refractivity contribution in [3.63, 3.8) is 0 Å². The Morgan fingerprint density at radius 2 is 1.61 bits per heavy atom. The fourth-order valence-corrected chi connectivity index (χ4v) is 8.48. The molecule has 0 saturated carbocycles. The van der Waals surface area contributed by atoms with Gasteiger partial charge in [-0.1, -0.05) is 72.8 Å². The maximum atomic E-state index is 14.7. The first-order chi connectivity index (χ1) is 27.2. The molecule has 288 valence electrons. The number of ether oxygens (including phenoxy) is 2. The molecular weight excluding hydrogens is 705 g/mol. The molecule has 5 atom stereocenters. The second-order valence-electron chi connectivity index (χ2n) is 14.6. The zero-order chi connectivity index (χ0) is 39.3. The highest BCUT2D eigenvalue weighted by atomic mass is 16.5. The average Bonchev–Trinajstić information content (AvgIpc) is 3.72. The van der Waals surface area contributed by atoms with Crippen LogP contribution in [0, 0.1) is 5.92 Å². The summed E-state index contributed by atoms with van der Waals surface area (Å²) in [5.74, 6) is -1.23. The van der Waals surface area contributed by atoms with Gasteiger partial charge in [0, 0.05) is 48.7 Å². The number of fused-ring (bicyclic) bond motifs is 2. The van der Waals surface area contributed by atoms with Crippen LogP contribution in [0.1, 0.15) is 63.1 Å². The number of nitrogens with one attached hydrogen (secondary N) is 2. The van der Waals surface area contributed by atoms with Crippen LogP contribution >= 0.6 is 0 Å². The quantitative estimate of drug-likeness (QED) is 0.0579. The van der Waals surface area contributed by atoms with Gasteiger partial charge in [0.2, 0.25) is 0 Å². The lowest BCUT2D eigenvalue weighted by Gasteiger charge is -2.36. The fourth-order valence-electron chi connectivity index (χ4n) is 8.48. The number of aromatic amines is 1. The van der Waals surface area contributed by atoms with Crippen molar-refractivity contribution in [2.24, 2.45) is 5.92 Å². The highest BCUT2D eigenvalue weighted by Crippen LogP contribution is 2.50. The summed E-state index contributed by atoms with van der Waals surface area (Å²) >= 11 is 0. The first kappa shape index (κ1) is 38.3. The number of rotatable bonds is 15. The van der Waals surface area contributed by atoms with Crippen molar-refractivity contribution in [2.45, 2.75) is 49.7 Å². The number of Topliss-reactive ketones (excluding diaryl/α,β-unsaturated/α-hetero) is 1. The molecule has 0 saturated heterocycles. The van der Waals surface area contributed by atoms with E-state index in [1.54, 1.807) is 37.4 Å². The molecule has 56 heavy (non-hydrogen) atoms. The van der Waals surface area contributed by atoms with Crippen LogP contribution in [0.2, 0.25) is 0 Å². The predicted octanol–water partition coefficient (Wildman–Crippen LogP) is 8.01. The standard InChI is InChI=1S/C47H48N2O7/c1-48-26-30-19-32(24-33(50)20-30)39(21-28-11-15-41(51)45(23-28)55-2)43(53)25-44(54)40(22-29-17-18-49-27-29)36-12-13-37(46-38(36)14-16-42(52)47(46)56-3)35-10-6-8-31-7-4-5-9-34(31)35/h4-20,23-24,27,36-37,39-40,44,48-52,54H,21-22,25-26H2,1-3H3/t36-,37-,39+,40+,44+/m0/s1. The Labute approximate surface area is 326 Å². The topological polar surface area (TPSA) is 144 Å². The minimum Gasteiger partial charge on any atom is -0.508 e. The number of ketones is 1. The van der Waals surface area contributed by atoms with Crippen molar-refractivity contribution in [3.05, 3.63) is 161 Å². The van der Waals surface area contributed by atoms with Crippen molar-refractivity contribution < 1.29 is 34.7 Å². The lowest BCUT2D eigenvalue weighted by atomic mass is 9.69. The molecule has 1 aromatic heterocycles. The molecule has 0 spiro atoms. The number of aliphatic hydroxyl groups is 1. The van der Waals surface area contributed by atoms with Crippen molar-refractivity contribution in [1.29, 1.82) is 0 Å². The third-order valence-corrected chi connectivity index (χ3v) is 11.1. The number of phenolic OH excluding ortho intramolecular Hbond substituents is 3. The van der Waals surface area contributed by atoms with Crippen LogP contribution < -0.4 is 14.8 Å². The van der Waals surface area contributed by atoms with E-state index in [-0.39, 0.29) is 53.5 Å². The molecule has 0 amide bonds. The predicted molar refractivity (Wildman–Crippen MR) is 218 cm³/mol. The second-order valence-corrected chi connectivity index (χ2v) is 14.6.